The smallest absolute Gasteiger partial charge is 0.0149 e. The topological polar surface area (TPSA) is 34.1 Å². The third kappa shape index (κ3) is 34.9. The van der Waals surface area contributed by atoms with Gasteiger partial charge >= 0.3 is 25.7 Å². The first kappa shape index (κ1) is 16.3. The Kier molecular flexibility index (Phi) is 60.7. The van der Waals surface area contributed by atoms with E-state index in [4.69, 9.17) is 6.65 Å². The van der Waals surface area contributed by atoms with Gasteiger partial charge in [-0.15, -0.1) is 0 Å². The summed E-state index contributed by atoms with van der Waals surface area (Å²) in [5.41, 5.74) is 0. The van der Waals surface area contributed by atoms with Crippen molar-refractivity contribution in [1.29, 1.82) is 0 Å². The van der Waals surface area contributed by atoms with E-state index in [1.165, 1.54) is 0 Å². The van der Waals surface area contributed by atoms with Gasteiger partial charge in [0.2, 0.25) is 0 Å². The van der Waals surface area contributed by atoms with Crippen molar-refractivity contribution in [3.8, 4) is 0 Å². The Morgan fingerprint density at radius 3 is 1.20 bits per heavy atom. The SMILES string of the molecule is [Ag].[O]=[Ti]=[O].[SiH4]. The van der Waals surface area contributed by atoms with Gasteiger partial charge in [0.1, 0.15) is 0 Å². The second kappa shape index (κ2) is 18.6. The summed E-state index contributed by atoms with van der Waals surface area (Å²) in [5.74, 6) is 0. The van der Waals surface area contributed by atoms with E-state index in [9.17, 15) is 0 Å². The molecule has 5 heteroatoms. The maximum Gasteiger partial charge on any atom is -0.0149 e. The van der Waals surface area contributed by atoms with E-state index in [1.807, 2.05) is 0 Å². The maximum absolute atomic E-state index is 8.50. The zero-order chi connectivity index (χ0) is 2.71. The van der Waals surface area contributed by atoms with Crippen molar-refractivity contribution in [2.24, 2.45) is 0 Å². The average Bonchev–Trinajstić information content (AvgIpc) is 0.918. The van der Waals surface area contributed by atoms with E-state index in [1.54, 1.807) is 0 Å². The van der Waals surface area contributed by atoms with Crippen LogP contribution in [-0.2, 0) is 48.1 Å². The summed E-state index contributed by atoms with van der Waals surface area (Å²) in [7, 11) is 0. The molecule has 0 aliphatic heterocycles. The Hall–Kier alpha value is 1.27. The minimum Gasteiger partial charge on any atom is -0.0149 e. The van der Waals surface area contributed by atoms with Gasteiger partial charge in [0.15, 0.2) is 0 Å². The Morgan fingerprint density at radius 2 is 1.20 bits per heavy atom. The second-order valence-electron chi connectivity index (χ2n) is 0.0833. The van der Waals surface area contributed by atoms with Crippen LogP contribution < -0.4 is 0 Å². The van der Waals surface area contributed by atoms with Gasteiger partial charge in [-0.25, -0.2) is 0 Å². The summed E-state index contributed by atoms with van der Waals surface area (Å²) in [6.45, 7) is 0. The third-order valence-electron chi connectivity index (χ3n) is 0. The minimum atomic E-state index is -2.00. The largest absolute Gasteiger partial charge is 0.0149 e. The number of hydrogen-bond donors (Lipinski definition) is 0. The summed E-state index contributed by atoms with van der Waals surface area (Å²) in [6.07, 6.45) is 0. The van der Waals surface area contributed by atoms with Gasteiger partial charge in [-0.05, 0) is 11.0 Å². The molecule has 0 fully saturated rings. The van der Waals surface area contributed by atoms with E-state index in [0.717, 1.165) is 0 Å². The van der Waals surface area contributed by atoms with Crippen molar-refractivity contribution in [3.63, 3.8) is 0 Å². The van der Waals surface area contributed by atoms with Crippen molar-refractivity contribution in [1.82, 2.24) is 0 Å². The van der Waals surface area contributed by atoms with Gasteiger partial charge < -0.3 is 0 Å². The Bertz CT molecular complexity index is 30.6. The van der Waals surface area contributed by atoms with Gasteiger partial charge in [-0.1, -0.05) is 0 Å². The minimum absolute atomic E-state index is 0. The monoisotopic (exact) mass is 219 g/mol. The predicted molar refractivity (Wildman–Crippen MR) is 12.7 cm³/mol. The average molecular weight is 220 g/mol. The summed E-state index contributed by atoms with van der Waals surface area (Å²) < 4.78 is 17.0. The van der Waals surface area contributed by atoms with E-state index in [-0.39, 0.29) is 33.3 Å². The molecule has 0 aromatic carbocycles. The van der Waals surface area contributed by atoms with Gasteiger partial charge in [-0.2, -0.15) is 0 Å². The quantitative estimate of drug-likeness (QED) is 0.456. The summed E-state index contributed by atoms with van der Waals surface area (Å²) in [6, 6.07) is 0. The third-order valence-corrected chi connectivity index (χ3v) is 0. The van der Waals surface area contributed by atoms with Crippen LogP contribution in [0.3, 0.4) is 0 Å². The molecule has 5 heavy (non-hydrogen) atoms. The van der Waals surface area contributed by atoms with E-state index >= 15 is 0 Å². The molecule has 0 aromatic rings. The molecule has 2 nitrogen and oxygen atoms in total. The van der Waals surface area contributed by atoms with E-state index < -0.39 is 19.1 Å². The molecule has 1 radical (unpaired) electrons. The van der Waals surface area contributed by atoms with Crippen LogP contribution in [0.5, 0.6) is 0 Å². The number of hydrogen-bond acceptors (Lipinski definition) is 2. The van der Waals surface area contributed by atoms with Crippen molar-refractivity contribution >= 4 is 11.0 Å². The fourth-order valence-corrected chi connectivity index (χ4v) is 0. The van der Waals surface area contributed by atoms with Crippen LogP contribution in [0.2, 0.25) is 0 Å². The fraction of sp³-hybridized carbons (Fsp3) is 0. The van der Waals surface area contributed by atoms with Crippen molar-refractivity contribution in [2.75, 3.05) is 0 Å². The van der Waals surface area contributed by atoms with Gasteiger partial charge in [0.25, 0.3) is 0 Å². The molecule has 0 saturated heterocycles. The normalized spacial score (nSPS) is 1.60. The first-order chi connectivity index (χ1) is 1.41. The molecule has 0 heterocycles. The molecule has 0 unspecified atom stereocenters. The molecule has 0 aromatic heterocycles. The van der Waals surface area contributed by atoms with Crippen molar-refractivity contribution < 1.29 is 48.1 Å². The summed E-state index contributed by atoms with van der Waals surface area (Å²) >= 11 is -2.00. The molecule has 0 amide bonds. The molecule has 0 rings (SSSR count). The zero-order valence-corrected chi connectivity index (χ0v) is 4.66. The fourth-order valence-electron chi connectivity index (χ4n) is 0. The molecule has 0 aliphatic carbocycles. The molecule has 0 atom stereocenters. The van der Waals surface area contributed by atoms with Gasteiger partial charge in [0.05, 0.1) is 0 Å². The van der Waals surface area contributed by atoms with Gasteiger partial charge in [-0.3, -0.25) is 0 Å². The molecular weight excluding hydrogens is 216 g/mol. The molecule has 0 aliphatic rings. The van der Waals surface area contributed by atoms with Crippen LogP contribution in [0.25, 0.3) is 0 Å². The van der Waals surface area contributed by atoms with Crippen LogP contribution in [-0.4, -0.2) is 11.0 Å². The first-order valence-electron chi connectivity index (χ1n) is 0.408. The standard InChI is InChI=1S/Ag.2O.H4Si.Ti/h;;;1H4;. The van der Waals surface area contributed by atoms with E-state index in [2.05, 4.69) is 0 Å². The van der Waals surface area contributed by atoms with E-state index in [0.29, 0.717) is 0 Å². The molecule has 0 saturated carbocycles. The molecular formula is H4AgO2SiTi. The molecule has 35 valence electrons. The zero-order valence-electron chi connectivity index (χ0n) is 1.62. The van der Waals surface area contributed by atoms with Crippen LogP contribution in [0.15, 0.2) is 0 Å². The maximum atomic E-state index is 8.50. The van der Waals surface area contributed by atoms with Crippen molar-refractivity contribution in [3.05, 3.63) is 0 Å². The Labute approximate surface area is 58.8 Å². The summed E-state index contributed by atoms with van der Waals surface area (Å²) in [5, 5.41) is 0. The Balaban J connectivity index is -0.0000000200. The predicted octanol–water partition coefficient (Wildman–Crippen LogP) is -1.69. The van der Waals surface area contributed by atoms with Crippen LogP contribution >= 0.6 is 0 Å². The first-order valence-corrected chi connectivity index (χ1v) is 1.68. The van der Waals surface area contributed by atoms with Crippen LogP contribution in [0, 0.1) is 0 Å². The summed E-state index contributed by atoms with van der Waals surface area (Å²) in [4.78, 5) is 0. The van der Waals surface area contributed by atoms with Gasteiger partial charge in [0, 0.05) is 22.4 Å². The Morgan fingerprint density at radius 1 is 1.20 bits per heavy atom. The molecule has 0 bridgehead atoms. The molecule has 0 N–H and O–H groups in total. The van der Waals surface area contributed by atoms with Crippen molar-refractivity contribution in [2.45, 2.75) is 0 Å². The van der Waals surface area contributed by atoms with Crippen LogP contribution in [0.1, 0.15) is 0 Å². The van der Waals surface area contributed by atoms with Crippen LogP contribution in [0.4, 0.5) is 0 Å². The molecule has 0 spiro atoms. The number of rotatable bonds is 0. The second-order valence-corrected chi connectivity index (χ2v) is 0.344.